The number of hydrogen-bond donors (Lipinski definition) is 1. The molecule has 0 heterocycles. The van der Waals surface area contributed by atoms with Crippen molar-refractivity contribution in [1.82, 2.24) is 0 Å². The first-order chi connectivity index (χ1) is 7.32. The standard InChI is InChI=1S/C9H8F3NO3/c10-9(11,12)7-4-2-1-3-6(7)8(14)5-13(15)16/h1-4,8,14H,5H2. The molecule has 16 heavy (non-hydrogen) atoms. The van der Waals surface area contributed by atoms with Gasteiger partial charge in [0, 0.05) is 4.92 Å². The van der Waals surface area contributed by atoms with Crippen LogP contribution in [0.4, 0.5) is 13.2 Å². The molecule has 0 saturated heterocycles. The van der Waals surface area contributed by atoms with Gasteiger partial charge in [-0.25, -0.2) is 0 Å². The Morgan fingerprint density at radius 1 is 1.38 bits per heavy atom. The minimum absolute atomic E-state index is 0.480. The lowest BCUT2D eigenvalue weighted by Crippen LogP contribution is -2.17. The maximum Gasteiger partial charge on any atom is 0.416 e. The molecule has 0 saturated carbocycles. The van der Waals surface area contributed by atoms with Crippen molar-refractivity contribution in [2.45, 2.75) is 12.3 Å². The van der Waals surface area contributed by atoms with E-state index in [-0.39, 0.29) is 0 Å². The van der Waals surface area contributed by atoms with Crippen LogP contribution in [0.1, 0.15) is 17.2 Å². The molecule has 1 N–H and O–H groups in total. The van der Waals surface area contributed by atoms with Crippen molar-refractivity contribution in [3.8, 4) is 0 Å². The van der Waals surface area contributed by atoms with Crippen molar-refractivity contribution >= 4 is 0 Å². The Hall–Kier alpha value is -1.63. The van der Waals surface area contributed by atoms with Crippen LogP contribution >= 0.6 is 0 Å². The van der Waals surface area contributed by atoms with Crippen LogP contribution in [0, 0.1) is 10.1 Å². The average molecular weight is 235 g/mol. The second-order valence-corrected chi connectivity index (χ2v) is 3.12. The van der Waals surface area contributed by atoms with Crippen molar-refractivity contribution in [1.29, 1.82) is 0 Å². The fourth-order valence-electron chi connectivity index (χ4n) is 1.29. The molecule has 0 radical (unpaired) electrons. The van der Waals surface area contributed by atoms with Crippen molar-refractivity contribution in [2.24, 2.45) is 0 Å². The monoisotopic (exact) mass is 235 g/mol. The molecule has 1 aromatic rings. The van der Waals surface area contributed by atoms with Crippen LogP contribution in [0.2, 0.25) is 0 Å². The van der Waals surface area contributed by atoms with E-state index in [1.54, 1.807) is 0 Å². The molecule has 0 aliphatic carbocycles. The summed E-state index contributed by atoms with van der Waals surface area (Å²) in [5.41, 5.74) is -1.53. The lowest BCUT2D eigenvalue weighted by atomic mass is 10.0. The number of aliphatic hydroxyl groups is 1. The van der Waals surface area contributed by atoms with E-state index in [2.05, 4.69) is 0 Å². The fourth-order valence-corrected chi connectivity index (χ4v) is 1.29. The third kappa shape index (κ3) is 2.93. The van der Waals surface area contributed by atoms with Gasteiger partial charge in [0.05, 0.1) is 5.56 Å². The second-order valence-electron chi connectivity index (χ2n) is 3.12. The van der Waals surface area contributed by atoms with E-state index in [9.17, 15) is 28.4 Å². The van der Waals surface area contributed by atoms with Crippen LogP contribution in [0.15, 0.2) is 24.3 Å². The quantitative estimate of drug-likeness (QED) is 0.643. The number of nitrogens with zero attached hydrogens (tertiary/aromatic N) is 1. The highest BCUT2D eigenvalue weighted by atomic mass is 19.4. The minimum Gasteiger partial charge on any atom is -0.381 e. The molecule has 0 aliphatic heterocycles. The summed E-state index contributed by atoms with van der Waals surface area (Å²) in [6, 6.07) is 4.24. The van der Waals surface area contributed by atoms with Crippen molar-refractivity contribution in [2.75, 3.05) is 6.54 Å². The van der Waals surface area contributed by atoms with Gasteiger partial charge in [0.25, 0.3) is 0 Å². The Bertz CT molecular complexity index is 392. The maximum absolute atomic E-state index is 12.5. The van der Waals surface area contributed by atoms with Crippen LogP contribution in [0.5, 0.6) is 0 Å². The van der Waals surface area contributed by atoms with Gasteiger partial charge in [-0.2, -0.15) is 13.2 Å². The largest absolute Gasteiger partial charge is 0.416 e. The highest BCUT2D eigenvalue weighted by Crippen LogP contribution is 2.34. The van der Waals surface area contributed by atoms with E-state index in [1.165, 1.54) is 6.07 Å². The van der Waals surface area contributed by atoms with E-state index in [1.807, 2.05) is 0 Å². The number of benzene rings is 1. The zero-order chi connectivity index (χ0) is 12.3. The molecule has 0 aliphatic rings. The Morgan fingerprint density at radius 2 is 1.94 bits per heavy atom. The first kappa shape index (κ1) is 12.4. The predicted molar refractivity (Wildman–Crippen MR) is 48.3 cm³/mol. The molecule has 1 aromatic carbocycles. The molecule has 0 bridgehead atoms. The summed E-state index contributed by atoms with van der Waals surface area (Å²) < 4.78 is 37.4. The van der Waals surface area contributed by atoms with Gasteiger partial charge in [-0.3, -0.25) is 10.1 Å². The fraction of sp³-hybridized carbons (Fsp3) is 0.333. The van der Waals surface area contributed by atoms with E-state index >= 15 is 0 Å². The van der Waals surface area contributed by atoms with Crippen LogP contribution in [-0.2, 0) is 6.18 Å². The number of halogens is 3. The maximum atomic E-state index is 12.5. The zero-order valence-corrected chi connectivity index (χ0v) is 7.94. The number of alkyl halides is 3. The molecule has 0 aromatic heterocycles. The van der Waals surface area contributed by atoms with Crippen molar-refractivity contribution in [3.63, 3.8) is 0 Å². The number of aliphatic hydroxyl groups excluding tert-OH is 1. The first-order valence-electron chi connectivity index (χ1n) is 4.28. The Morgan fingerprint density at radius 3 is 2.44 bits per heavy atom. The zero-order valence-electron chi connectivity index (χ0n) is 7.94. The summed E-state index contributed by atoms with van der Waals surface area (Å²) in [7, 11) is 0. The molecule has 1 rings (SSSR count). The second kappa shape index (κ2) is 4.48. The van der Waals surface area contributed by atoms with Crippen LogP contribution < -0.4 is 0 Å². The highest BCUT2D eigenvalue weighted by molar-refractivity contribution is 5.31. The Balaban J connectivity index is 3.08. The van der Waals surface area contributed by atoms with Gasteiger partial charge in [-0.15, -0.1) is 0 Å². The number of nitro groups is 1. The van der Waals surface area contributed by atoms with Gasteiger partial charge < -0.3 is 5.11 Å². The molecule has 0 fully saturated rings. The molecule has 0 amide bonds. The van der Waals surface area contributed by atoms with E-state index in [0.717, 1.165) is 18.2 Å². The molecular weight excluding hydrogens is 227 g/mol. The lowest BCUT2D eigenvalue weighted by Gasteiger charge is -2.14. The van der Waals surface area contributed by atoms with Crippen molar-refractivity contribution < 1.29 is 23.2 Å². The minimum atomic E-state index is -4.63. The topological polar surface area (TPSA) is 63.4 Å². The predicted octanol–water partition coefficient (Wildman–Crippen LogP) is 2.02. The normalized spacial score (nSPS) is 13.5. The number of hydrogen-bond acceptors (Lipinski definition) is 3. The van der Waals surface area contributed by atoms with Gasteiger partial charge in [0.2, 0.25) is 6.54 Å². The molecule has 1 atom stereocenters. The molecule has 0 spiro atoms. The summed E-state index contributed by atoms with van der Waals surface area (Å²) in [6.07, 6.45) is -6.39. The summed E-state index contributed by atoms with van der Waals surface area (Å²) in [6.45, 7) is -0.951. The SMILES string of the molecule is O=[N+]([O-])CC(O)c1ccccc1C(F)(F)F. The lowest BCUT2D eigenvalue weighted by molar-refractivity contribution is -0.491. The third-order valence-electron chi connectivity index (χ3n) is 1.95. The highest BCUT2D eigenvalue weighted by Gasteiger charge is 2.35. The Kier molecular flexibility index (Phi) is 3.48. The molecular formula is C9H8F3NO3. The summed E-state index contributed by atoms with van der Waals surface area (Å²) >= 11 is 0. The van der Waals surface area contributed by atoms with Crippen LogP contribution in [-0.4, -0.2) is 16.6 Å². The summed E-state index contributed by atoms with van der Waals surface area (Å²) in [4.78, 5) is 9.25. The van der Waals surface area contributed by atoms with Gasteiger partial charge in [0.1, 0.15) is 6.10 Å². The molecule has 4 nitrogen and oxygen atoms in total. The van der Waals surface area contributed by atoms with E-state index in [0.29, 0.717) is 0 Å². The summed E-state index contributed by atoms with van der Waals surface area (Å²) in [5, 5.41) is 19.4. The van der Waals surface area contributed by atoms with E-state index < -0.39 is 34.9 Å². The van der Waals surface area contributed by atoms with Crippen LogP contribution in [0.25, 0.3) is 0 Å². The van der Waals surface area contributed by atoms with Gasteiger partial charge in [-0.1, -0.05) is 18.2 Å². The molecule has 7 heteroatoms. The van der Waals surface area contributed by atoms with Gasteiger partial charge in [-0.05, 0) is 11.6 Å². The average Bonchev–Trinajstić information content (AvgIpc) is 2.15. The van der Waals surface area contributed by atoms with Gasteiger partial charge >= 0.3 is 6.18 Å². The summed E-state index contributed by atoms with van der Waals surface area (Å²) in [5.74, 6) is 0. The molecule has 88 valence electrons. The number of rotatable bonds is 3. The van der Waals surface area contributed by atoms with Crippen molar-refractivity contribution in [3.05, 3.63) is 45.5 Å². The smallest absolute Gasteiger partial charge is 0.381 e. The third-order valence-corrected chi connectivity index (χ3v) is 1.95. The Labute approximate surface area is 88.5 Å². The van der Waals surface area contributed by atoms with E-state index in [4.69, 9.17) is 0 Å². The first-order valence-corrected chi connectivity index (χ1v) is 4.28. The molecule has 1 unspecified atom stereocenters. The van der Waals surface area contributed by atoms with Crippen LogP contribution in [0.3, 0.4) is 0 Å². The van der Waals surface area contributed by atoms with Gasteiger partial charge in [0.15, 0.2) is 0 Å².